The zero-order valence-corrected chi connectivity index (χ0v) is 12.0. The molecule has 2 aliphatic rings. The molecular formula is C15H30N2. The predicted octanol–water partition coefficient (Wildman–Crippen LogP) is 3.17. The maximum absolute atomic E-state index is 3.71. The van der Waals surface area contributed by atoms with E-state index in [2.05, 4.69) is 31.0 Å². The largest absolute Gasteiger partial charge is 0.311 e. The summed E-state index contributed by atoms with van der Waals surface area (Å²) in [5, 5.41) is 3.71. The van der Waals surface area contributed by atoms with Crippen molar-refractivity contribution in [2.75, 3.05) is 13.1 Å². The molecule has 100 valence electrons. The highest BCUT2D eigenvalue weighted by Crippen LogP contribution is 2.36. The Morgan fingerprint density at radius 1 is 1.12 bits per heavy atom. The van der Waals surface area contributed by atoms with E-state index in [1.807, 2.05) is 0 Å². The van der Waals surface area contributed by atoms with Crippen LogP contribution in [0, 0.1) is 0 Å². The molecule has 0 amide bonds. The van der Waals surface area contributed by atoms with E-state index in [0.29, 0.717) is 5.54 Å². The molecule has 1 saturated carbocycles. The lowest BCUT2D eigenvalue weighted by Crippen LogP contribution is -2.63. The lowest BCUT2D eigenvalue weighted by atomic mass is 9.80. The maximum atomic E-state index is 3.71. The molecule has 0 aromatic rings. The third-order valence-corrected chi connectivity index (χ3v) is 5.09. The summed E-state index contributed by atoms with van der Waals surface area (Å²) in [4.78, 5) is 2.86. The summed E-state index contributed by atoms with van der Waals surface area (Å²) in [5.74, 6) is 0. The van der Waals surface area contributed by atoms with Crippen molar-refractivity contribution in [1.29, 1.82) is 0 Å². The van der Waals surface area contributed by atoms with Crippen molar-refractivity contribution in [1.82, 2.24) is 10.2 Å². The van der Waals surface area contributed by atoms with Gasteiger partial charge in [0.2, 0.25) is 0 Å². The van der Waals surface area contributed by atoms with Crippen molar-refractivity contribution in [2.24, 2.45) is 0 Å². The number of rotatable bonds is 3. The van der Waals surface area contributed by atoms with Crippen LogP contribution in [0.1, 0.15) is 65.7 Å². The van der Waals surface area contributed by atoms with Gasteiger partial charge in [0.1, 0.15) is 0 Å². The number of nitrogens with one attached hydrogen (secondary N) is 1. The average Bonchev–Trinajstić information content (AvgIpc) is 2.39. The molecule has 2 atom stereocenters. The van der Waals surface area contributed by atoms with Crippen molar-refractivity contribution < 1.29 is 0 Å². The summed E-state index contributed by atoms with van der Waals surface area (Å²) >= 11 is 0. The van der Waals surface area contributed by atoms with Crippen LogP contribution in [0.2, 0.25) is 0 Å². The summed E-state index contributed by atoms with van der Waals surface area (Å²) in [6, 6.07) is 1.48. The van der Waals surface area contributed by atoms with Crippen molar-refractivity contribution in [3.8, 4) is 0 Å². The molecule has 17 heavy (non-hydrogen) atoms. The van der Waals surface area contributed by atoms with Crippen molar-refractivity contribution >= 4 is 0 Å². The molecule has 1 N–H and O–H groups in total. The van der Waals surface area contributed by atoms with E-state index >= 15 is 0 Å². The topological polar surface area (TPSA) is 15.3 Å². The first-order valence-electron chi connectivity index (χ1n) is 7.69. The maximum Gasteiger partial charge on any atom is 0.0224 e. The fourth-order valence-corrected chi connectivity index (χ4v) is 3.76. The first-order chi connectivity index (χ1) is 8.19. The zero-order valence-electron chi connectivity index (χ0n) is 12.0. The molecule has 1 aliphatic carbocycles. The van der Waals surface area contributed by atoms with Gasteiger partial charge in [0.25, 0.3) is 0 Å². The molecule has 0 spiro atoms. The van der Waals surface area contributed by atoms with Gasteiger partial charge in [-0.05, 0) is 32.6 Å². The molecule has 1 aliphatic heterocycles. The van der Waals surface area contributed by atoms with Gasteiger partial charge in [0, 0.05) is 30.7 Å². The van der Waals surface area contributed by atoms with Crippen LogP contribution in [0.3, 0.4) is 0 Å². The Morgan fingerprint density at radius 3 is 2.41 bits per heavy atom. The third-order valence-electron chi connectivity index (χ3n) is 5.09. The van der Waals surface area contributed by atoms with Crippen LogP contribution in [0.15, 0.2) is 0 Å². The third kappa shape index (κ3) is 2.85. The monoisotopic (exact) mass is 238 g/mol. The molecule has 1 saturated heterocycles. The second-order valence-corrected chi connectivity index (χ2v) is 6.29. The Kier molecular flexibility index (Phi) is 4.48. The second-order valence-electron chi connectivity index (χ2n) is 6.29. The van der Waals surface area contributed by atoms with E-state index in [9.17, 15) is 0 Å². The predicted molar refractivity (Wildman–Crippen MR) is 74.4 cm³/mol. The minimum Gasteiger partial charge on any atom is -0.311 e. The van der Waals surface area contributed by atoms with Crippen LogP contribution in [0.5, 0.6) is 0 Å². The fourth-order valence-electron chi connectivity index (χ4n) is 3.76. The van der Waals surface area contributed by atoms with Crippen LogP contribution in [0.4, 0.5) is 0 Å². The first-order valence-corrected chi connectivity index (χ1v) is 7.69. The average molecular weight is 238 g/mol. The van der Waals surface area contributed by atoms with Crippen molar-refractivity contribution in [3.63, 3.8) is 0 Å². The quantitative estimate of drug-likeness (QED) is 0.812. The Bertz CT molecular complexity index is 233. The zero-order chi connectivity index (χ0) is 12.3. The smallest absolute Gasteiger partial charge is 0.0224 e. The molecular weight excluding hydrogens is 208 g/mol. The van der Waals surface area contributed by atoms with Gasteiger partial charge in [0.15, 0.2) is 0 Å². The van der Waals surface area contributed by atoms with E-state index in [1.165, 1.54) is 58.0 Å². The normalized spacial score (nSPS) is 34.8. The molecule has 0 aromatic heterocycles. The number of nitrogens with zero attached hydrogens (tertiary/aromatic N) is 1. The van der Waals surface area contributed by atoms with Gasteiger partial charge in [-0.25, -0.2) is 0 Å². The van der Waals surface area contributed by atoms with Crippen LogP contribution in [-0.2, 0) is 0 Å². The van der Waals surface area contributed by atoms with Crippen molar-refractivity contribution in [2.45, 2.75) is 83.3 Å². The van der Waals surface area contributed by atoms with Gasteiger partial charge in [0.05, 0.1) is 0 Å². The van der Waals surface area contributed by atoms with E-state index in [0.717, 1.165) is 12.1 Å². The van der Waals surface area contributed by atoms with Crippen LogP contribution in [-0.4, -0.2) is 35.6 Å². The standard InChI is InChI=1S/C15H30N2/c1-4-13-12-17(14(5-2)11-16-13)15(3)9-7-6-8-10-15/h13-14,16H,4-12H2,1-3H3. The highest BCUT2D eigenvalue weighted by atomic mass is 15.3. The number of hydrogen-bond donors (Lipinski definition) is 1. The second kappa shape index (κ2) is 5.71. The molecule has 2 nitrogen and oxygen atoms in total. The molecule has 2 unspecified atom stereocenters. The summed E-state index contributed by atoms with van der Waals surface area (Å²) in [5.41, 5.74) is 0.494. The molecule has 0 aromatic carbocycles. The van der Waals surface area contributed by atoms with Gasteiger partial charge in [-0.3, -0.25) is 4.90 Å². The SMILES string of the molecule is CCC1CN(C2(C)CCCCC2)C(CC)CN1. The van der Waals surface area contributed by atoms with Crippen molar-refractivity contribution in [3.05, 3.63) is 0 Å². The summed E-state index contributed by atoms with van der Waals surface area (Å²) in [6.45, 7) is 9.64. The minimum absolute atomic E-state index is 0.494. The van der Waals surface area contributed by atoms with E-state index in [-0.39, 0.29) is 0 Å². The summed E-state index contributed by atoms with van der Waals surface area (Å²) in [6.07, 6.45) is 9.72. The Balaban J connectivity index is 2.07. The Hall–Kier alpha value is -0.0800. The Morgan fingerprint density at radius 2 is 1.82 bits per heavy atom. The highest BCUT2D eigenvalue weighted by Gasteiger charge is 2.39. The van der Waals surface area contributed by atoms with Gasteiger partial charge < -0.3 is 5.32 Å². The molecule has 0 radical (unpaired) electrons. The molecule has 2 fully saturated rings. The molecule has 1 heterocycles. The lowest BCUT2D eigenvalue weighted by molar-refractivity contribution is -0.00498. The molecule has 2 heteroatoms. The van der Waals surface area contributed by atoms with Gasteiger partial charge >= 0.3 is 0 Å². The van der Waals surface area contributed by atoms with Gasteiger partial charge in [-0.2, -0.15) is 0 Å². The Labute approximate surface area is 107 Å². The molecule has 2 rings (SSSR count). The fraction of sp³-hybridized carbons (Fsp3) is 1.00. The highest BCUT2D eigenvalue weighted by molar-refractivity contribution is 4.97. The van der Waals surface area contributed by atoms with E-state index in [4.69, 9.17) is 0 Å². The first kappa shape index (κ1) is 13.4. The summed E-state index contributed by atoms with van der Waals surface area (Å²) < 4.78 is 0. The van der Waals surface area contributed by atoms with Crippen LogP contribution < -0.4 is 5.32 Å². The molecule has 0 bridgehead atoms. The van der Waals surface area contributed by atoms with Gasteiger partial charge in [-0.1, -0.05) is 33.1 Å². The summed E-state index contributed by atoms with van der Waals surface area (Å²) in [7, 11) is 0. The lowest BCUT2D eigenvalue weighted by Gasteiger charge is -2.52. The van der Waals surface area contributed by atoms with Crippen LogP contribution in [0.25, 0.3) is 0 Å². The number of piperazine rings is 1. The van der Waals surface area contributed by atoms with Gasteiger partial charge in [-0.15, -0.1) is 0 Å². The minimum atomic E-state index is 0.494. The van der Waals surface area contributed by atoms with Crippen LogP contribution >= 0.6 is 0 Å². The van der Waals surface area contributed by atoms with E-state index in [1.54, 1.807) is 0 Å². The number of hydrogen-bond acceptors (Lipinski definition) is 2. The van der Waals surface area contributed by atoms with E-state index < -0.39 is 0 Å².